The minimum absolute atomic E-state index is 0.0406. The molecule has 1 aliphatic heterocycles. The maximum Gasteiger partial charge on any atom is 0.233 e. The van der Waals surface area contributed by atoms with Gasteiger partial charge in [0.1, 0.15) is 5.82 Å². The molecule has 2 aromatic rings. The monoisotopic (exact) mass is 383 g/mol. The zero-order chi connectivity index (χ0) is 18.9. The van der Waals surface area contributed by atoms with E-state index in [1.54, 1.807) is 12.1 Å². The van der Waals surface area contributed by atoms with Gasteiger partial charge in [-0.15, -0.1) is 0 Å². The number of rotatable bonds is 4. The number of carbonyl (C=O) groups is 2. The molecule has 2 aliphatic rings. The summed E-state index contributed by atoms with van der Waals surface area (Å²) >= 11 is 5.82. The summed E-state index contributed by atoms with van der Waals surface area (Å²) in [6.45, 7) is 1.25. The Balaban J connectivity index is 1.34. The van der Waals surface area contributed by atoms with Gasteiger partial charge in [-0.1, -0.05) is 41.9 Å². The number of piperidine rings is 1. The average molecular weight is 384 g/mol. The first-order valence-corrected chi connectivity index (χ1v) is 9.74. The Hall–Kier alpha value is -2.40. The van der Waals surface area contributed by atoms with E-state index in [2.05, 4.69) is 10.3 Å². The molecule has 1 saturated heterocycles. The molecule has 1 N–H and O–H groups in total. The summed E-state index contributed by atoms with van der Waals surface area (Å²) in [4.78, 5) is 31.6. The first kappa shape index (κ1) is 18.0. The minimum Gasteiger partial charge on any atom is -0.342 e. The van der Waals surface area contributed by atoms with E-state index < -0.39 is 0 Å². The highest BCUT2D eigenvalue weighted by Crippen LogP contribution is 2.49. The van der Waals surface area contributed by atoms with Crippen molar-refractivity contribution in [2.24, 2.45) is 5.92 Å². The van der Waals surface area contributed by atoms with E-state index in [1.807, 2.05) is 35.2 Å². The van der Waals surface area contributed by atoms with Crippen LogP contribution in [0.1, 0.15) is 31.2 Å². The highest BCUT2D eigenvalue weighted by molar-refractivity contribution is 6.30. The van der Waals surface area contributed by atoms with E-state index in [-0.39, 0.29) is 23.1 Å². The summed E-state index contributed by atoms with van der Waals surface area (Å²) in [6, 6.07) is 13.4. The lowest BCUT2D eigenvalue weighted by Crippen LogP contribution is -2.45. The molecule has 1 saturated carbocycles. The largest absolute Gasteiger partial charge is 0.342 e. The van der Waals surface area contributed by atoms with E-state index in [1.165, 1.54) is 6.20 Å². The molecule has 2 amide bonds. The maximum atomic E-state index is 13.1. The zero-order valence-corrected chi connectivity index (χ0v) is 15.8. The fourth-order valence-corrected chi connectivity index (χ4v) is 3.95. The van der Waals surface area contributed by atoms with Crippen LogP contribution in [0, 0.1) is 5.92 Å². The zero-order valence-electron chi connectivity index (χ0n) is 15.0. The van der Waals surface area contributed by atoms with Crippen molar-refractivity contribution < 1.29 is 9.59 Å². The van der Waals surface area contributed by atoms with Crippen molar-refractivity contribution in [3.05, 3.63) is 59.2 Å². The van der Waals surface area contributed by atoms with Gasteiger partial charge in [0.2, 0.25) is 11.8 Å². The fourth-order valence-electron chi connectivity index (χ4n) is 3.83. The van der Waals surface area contributed by atoms with Crippen LogP contribution >= 0.6 is 11.6 Å². The second-order valence-corrected chi connectivity index (χ2v) is 7.80. The molecule has 0 radical (unpaired) electrons. The van der Waals surface area contributed by atoms with Crippen LogP contribution in [0.3, 0.4) is 0 Å². The van der Waals surface area contributed by atoms with Crippen molar-refractivity contribution in [2.45, 2.75) is 31.1 Å². The number of aromatic nitrogens is 1. The molecular weight excluding hydrogens is 362 g/mol. The predicted octanol–water partition coefficient (Wildman–Crippen LogP) is 3.64. The van der Waals surface area contributed by atoms with Crippen LogP contribution in [0.2, 0.25) is 5.02 Å². The lowest BCUT2D eigenvalue weighted by molar-refractivity contribution is -0.137. The van der Waals surface area contributed by atoms with Crippen molar-refractivity contribution in [1.29, 1.82) is 0 Å². The number of halogens is 1. The van der Waals surface area contributed by atoms with Crippen LogP contribution in [0.4, 0.5) is 5.82 Å². The number of hydrogen-bond donors (Lipinski definition) is 1. The molecule has 4 rings (SSSR count). The summed E-state index contributed by atoms with van der Waals surface area (Å²) in [5, 5.41) is 3.37. The third-order valence-corrected chi connectivity index (χ3v) is 5.84. The highest BCUT2D eigenvalue weighted by atomic mass is 35.5. The molecule has 0 bridgehead atoms. The second kappa shape index (κ2) is 7.31. The van der Waals surface area contributed by atoms with Gasteiger partial charge in [-0.25, -0.2) is 4.98 Å². The molecule has 140 valence electrons. The number of carbonyl (C=O) groups excluding carboxylic acids is 2. The smallest absolute Gasteiger partial charge is 0.233 e. The summed E-state index contributed by atoms with van der Waals surface area (Å²) < 4.78 is 0. The van der Waals surface area contributed by atoms with Gasteiger partial charge in [-0.2, -0.15) is 0 Å². The Kier molecular flexibility index (Phi) is 4.87. The molecule has 1 aliphatic carbocycles. The topological polar surface area (TPSA) is 62.3 Å². The molecule has 0 unspecified atom stereocenters. The summed E-state index contributed by atoms with van der Waals surface area (Å²) in [6.07, 6.45) is 4.69. The van der Waals surface area contributed by atoms with E-state index >= 15 is 0 Å². The van der Waals surface area contributed by atoms with Gasteiger partial charge < -0.3 is 10.2 Å². The quantitative estimate of drug-likeness (QED) is 0.876. The maximum absolute atomic E-state index is 13.1. The molecular formula is C21H22ClN3O2. The second-order valence-electron chi connectivity index (χ2n) is 7.37. The number of amides is 2. The van der Waals surface area contributed by atoms with Gasteiger partial charge in [0, 0.05) is 25.2 Å². The number of pyridine rings is 1. The van der Waals surface area contributed by atoms with Gasteiger partial charge in [-0.3, -0.25) is 9.59 Å². The molecule has 1 aromatic carbocycles. The number of nitrogens with one attached hydrogen (secondary N) is 1. The molecule has 1 aromatic heterocycles. The Morgan fingerprint density at radius 1 is 1.07 bits per heavy atom. The van der Waals surface area contributed by atoms with Gasteiger partial charge in [0.05, 0.1) is 10.4 Å². The number of hydrogen-bond acceptors (Lipinski definition) is 3. The Morgan fingerprint density at radius 3 is 2.37 bits per heavy atom. The standard InChI is InChI=1S/C21H22ClN3O2/c22-17-6-7-18(23-14-17)24-19(26)15-8-12-25(13-9-15)20(27)21(10-11-21)16-4-2-1-3-5-16/h1-7,14-15H,8-13H2,(H,23,24,26). The van der Waals surface area contributed by atoms with Crippen molar-refractivity contribution in [1.82, 2.24) is 9.88 Å². The van der Waals surface area contributed by atoms with Gasteiger partial charge in [0.25, 0.3) is 0 Å². The number of benzene rings is 1. The molecule has 5 nitrogen and oxygen atoms in total. The summed E-state index contributed by atoms with van der Waals surface area (Å²) in [5.41, 5.74) is 0.785. The first-order chi connectivity index (χ1) is 13.1. The minimum atomic E-state index is -0.330. The van der Waals surface area contributed by atoms with Crippen LogP contribution < -0.4 is 5.32 Å². The fraction of sp³-hybridized carbons (Fsp3) is 0.381. The number of anilines is 1. The summed E-state index contributed by atoms with van der Waals surface area (Å²) in [7, 11) is 0. The predicted molar refractivity (Wildman–Crippen MR) is 105 cm³/mol. The third-order valence-electron chi connectivity index (χ3n) is 5.62. The Bertz CT molecular complexity index is 826. The molecule has 0 spiro atoms. The van der Waals surface area contributed by atoms with Crippen molar-refractivity contribution >= 4 is 29.2 Å². The Labute approximate surface area is 163 Å². The number of nitrogens with zero attached hydrogens (tertiary/aromatic N) is 2. The lowest BCUT2D eigenvalue weighted by Gasteiger charge is -2.34. The SMILES string of the molecule is O=C(Nc1ccc(Cl)cn1)C1CCN(C(=O)C2(c3ccccc3)CC2)CC1. The molecule has 2 heterocycles. The third kappa shape index (κ3) is 3.69. The van der Waals surface area contributed by atoms with Gasteiger partial charge >= 0.3 is 0 Å². The normalized spacial score (nSPS) is 18.8. The van der Waals surface area contributed by atoms with Gasteiger partial charge in [0.15, 0.2) is 0 Å². The molecule has 2 fully saturated rings. The van der Waals surface area contributed by atoms with E-state index in [0.29, 0.717) is 36.8 Å². The van der Waals surface area contributed by atoms with Gasteiger partial charge in [-0.05, 0) is 43.4 Å². The average Bonchev–Trinajstić information content (AvgIpc) is 3.52. The highest BCUT2D eigenvalue weighted by Gasteiger charge is 2.53. The van der Waals surface area contributed by atoms with E-state index in [0.717, 1.165) is 18.4 Å². The molecule has 0 atom stereocenters. The lowest BCUT2D eigenvalue weighted by atomic mass is 9.91. The van der Waals surface area contributed by atoms with Crippen LogP contribution in [0.5, 0.6) is 0 Å². The van der Waals surface area contributed by atoms with Crippen molar-refractivity contribution in [3.8, 4) is 0 Å². The molecule has 27 heavy (non-hydrogen) atoms. The first-order valence-electron chi connectivity index (χ1n) is 9.36. The van der Waals surface area contributed by atoms with Crippen LogP contribution in [-0.4, -0.2) is 34.8 Å². The Morgan fingerprint density at radius 2 is 1.78 bits per heavy atom. The molecule has 6 heteroatoms. The van der Waals surface area contributed by atoms with Crippen LogP contribution in [0.25, 0.3) is 0 Å². The van der Waals surface area contributed by atoms with Crippen LogP contribution in [-0.2, 0) is 15.0 Å². The van der Waals surface area contributed by atoms with Crippen LogP contribution in [0.15, 0.2) is 48.7 Å². The van der Waals surface area contributed by atoms with Crippen molar-refractivity contribution in [3.63, 3.8) is 0 Å². The van der Waals surface area contributed by atoms with Crippen molar-refractivity contribution in [2.75, 3.05) is 18.4 Å². The summed E-state index contributed by atoms with van der Waals surface area (Å²) in [5.74, 6) is 0.579. The number of likely N-dealkylation sites (tertiary alicyclic amines) is 1. The van der Waals surface area contributed by atoms with E-state index in [9.17, 15) is 9.59 Å². The van der Waals surface area contributed by atoms with E-state index in [4.69, 9.17) is 11.6 Å².